The molecule has 3 aromatic rings. The van der Waals surface area contributed by atoms with Gasteiger partial charge in [-0.15, -0.1) is 0 Å². The Balaban J connectivity index is 1.78. The van der Waals surface area contributed by atoms with Crippen LogP contribution in [0.2, 0.25) is 5.02 Å². The summed E-state index contributed by atoms with van der Waals surface area (Å²) in [6.07, 6.45) is 1.57. The Morgan fingerprint density at radius 1 is 1.04 bits per heavy atom. The van der Waals surface area contributed by atoms with Crippen molar-refractivity contribution in [3.05, 3.63) is 70.9 Å². The van der Waals surface area contributed by atoms with Crippen LogP contribution in [-0.2, 0) is 0 Å². The number of amides is 1. The van der Waals surface area contributed by atoms with E-state index in [1.54, 1.807) is 62.9 Å². The predicted molar refractivity (Wildman–Crippen MR) is 111 cm³/mol. The molecule has 0 saturated heterocycles. The SMILES string of the molecule is COc1ccc(NC(=O)c2ccnc(Nc3cc(C)c(Cl)cc3OC)c2)cc1. The highest BCUT2D eigenvalue weighted by molar-refractivity contribution is 6.31. The molecule has 0 atom stereocenters. The van der Waals surface area contributed by atoms with E-state index in [2.05, 4.69) is 15.6 Å². The first-order valence-electron chi connectivity index (χ1n) is 8.53. The minimum absolute atomic E-state index is 0.241. The standard InChI is InChI=1S/C21H20ClN3O3/c1-13-10-18(19(28-3)12-17(13)22)25-20-11-14(8-9-23-20)21(26)24-15-4-6-16(27-2)7-5-15/h4-12H,1-3H3,(H,23,25)(H,24,26). The fraction of sp³-hybridized carbons (Fsp3) is 0.143. The van der Waals surface area contributed by atoms with Crippen molar-refractivity contribution < 1.29 is 14.3 Å². The number of aryl methyl sites for hydroxylation is 1. The predicted octanol–water partition coefficient (Wildman–Crippen LogP) is 5.06. The van der Waals surface area contributed by atoms with Gasteiger partial charge in [-0.05, 0) is 55.0 Å². The fourth-order valence-electron chi connectivity index (χ4n) is 2.59. The number of hydrogen-bond donors (Lipinski definition) is 2. The number of pyridine rings is 1. The van der Waals surface area contributed by atoms with Crippen molar-refractivity contribution in [3.8, 4) is 11.5 Å². The molecule has 0 unspecified atom stereocenters. The third-order valence-electron chi connectivity index (χ3n) is 4.11. The maximum atomic E-state index is 12.6. The number of hydrogen-bond acceptors (Lipinski definition) is 5. The number of nitrogens with zero attached hydrogens (tertiary/aromatic N) is 1. The first-order chi connectivity index (χ1) is 13.5. The van der Waals surface area contributed by atoms with Gasteiger partial charge in [0, 0.05) is 28.5 Å². The van der Waals surface area contributed by atoms with Crippen LogP contribution in [0.25, 0.3) is 0 Å². The van der Waals surface area contributed by atoms with Gasteiger partial charge in [0.25, 0.3) is 5.91 Å². The Morgan fingerprint density at radius 3 is 2.46 bits per heavy atom. The molecule has 1 aromatic heterocycles. The summed E-state index contributed by atoms with van der Waals surface area (Å²) in [5.41, 5.74) is 2.76. The minimum Gasteiger partial charge on any atom is -0.497 e. The molecule has 0 radical (unpaired) electrons. The molecule has 0 aliphatic carbocycles. The van der Waals surface area contributed by atoms with Crippen LogP contribution in [0.15, 0.2) is 54.7 Å². The van der Waals surface area contributed by atoms with Gasteiger partial charge < -0.3 is 20.1 Å². The Kier molecular flexibility index (Phi) is 6.01. The summed E-state index contributed by atoms with van der Waals surface area (Å²) < 4.78 is 10.5. The highest BCUT2D eigenvalue weighted by atomic mass is 35.5. The van der Waals surface area contributed by atoms with Crippen molar-refractivity contribution in [2.45, 2.75) is 6.92 Å². The van der Waals surface area contributed by atoms with E-state index in [-0.39, 0.29) is 5.91 Å². The molecule has 144 valence electrons. The van der Waals surface area contributed by atoms with Gasteiger partial charge in [0.05, 0.1) is 19.9 Å². The summed E-state index contributed by atoms with van der Waals surface area (Å²) in [4.78, 5) is 16.8. The van der Waals surface area contributed by atoms with Gasteiger partial charge in [-0.2, -0.15) is 0 Å². The van der Waals surface area contributed by atoms with Crippen LogP contribution in [0.3, 0.4) is 0 Å². The molecule has 0 bridgehead atoms. The molecule has 28 heavy (non-hydrogen) atoms. The van der Waals surface area contributed by atoms with Gasteiger partial charge in [-0.1, -0.05) is 11.6 Å². The number of nitrogens with one attached hydrogen (secondary N) is 2. The summed E-state index contributed by atoms with van der Waals surface area (Å²) in [5.74, 6) is 1.59. The number of ether oxygens (including phenoxy) is 2. The molecule has 7 heteroatoms. The minimum atomic E-state index is -0.241. The Morgan fingerprint density at radius 2 is 1.79 bits per heavy atom. The number of carbonyl (C=O) groups is 1. The van der Waals surface area contributed by atoms with Crippen molar-refractivity contribution in [2.75, 3.05) is 24.9 Å². The number of aromatic nitrogens is 1. The second-order valence-corrected chi connectivity index (χ2v) is 6.45. The van der Waals surface area contributed by atoms with Gasteiger partial charge >= 0.3 is 0 Å². The van der Waals surface area contributed by atoms with Crippen LogP contribution in [0, 0.1) is 6.92 Å². The average Bonchev–Trinajstić information content (AvgIpc) is 2.71. The van der Waals surface area contributed by atoms with Gasteiger partial charge in [0.2, 0.25) is 0 Å². The highest BCUT2D eigenvalue weighted by Gasteiger charge is 2.11. The molecular formula is C21H20ClN3O3. The zero-order valence-corrected chi connectivity index (χ0v) is 16.5. The van der Waals surface area contributed by atoms with Gasteiger partial charge in [-0.3, -0.25) is 4.79 Å². The van der Waals surface area contributed by atoms with Crippen molar-refractivity contribution in [3.63, 3.8) is 0 Å². The summed E-state index contributed by atoms with van der Waals surface area (Å²) in [7, 11) is 3.16. The van der Waals surface area contributed by atoms with Gasteiger partial charge in [0.15, 0.2) is 0 Å². The largest absolute Gasteiger partial charge is 0.497 e. The Bertz CT molecular complexity index is 991. The zero-order chi connectivity index (χ0) is 20.1. The zero-order valence-electron chi connectivity index (χ0n) is 15.7. The van der Waals surface area contributed by atoms with Crippen molar-refractivity contribution in [1.29, 1.82) is 0 Å². The summed E-state index contributed by atoms with van der Waals surface area (Å²) in [6.45, 7) is 1.90. The van der Waals surface area contributed by atoms with Crippen LogP contribution in [0.5, 0.6) is 11.5 Å². The molecule has 1 heterocycles. The molecule has 3 rings (SSSR count). The lowest BCUT2D eigenvalue weighted by Gasteiger charge is -2.13. The van der Waals surface area contributed by atoms with Crippen LogP contribution in [-0.4, -0.2) is 25.1 Å². The van der Waals surface area contributed by atoms with Gasteiger partial charge in [-0.25, -0.2) is 4.98 Å². The Hall–Kier alpha value is -3.25. The first kappa shape index (κ1) is 19.5. The molecule has 0 fully saturated rings. The van der Waals surface area contributed by atoms with E-state index in [4.69, 9.17) is 21.1 Å². The third kappa shape index (κ3) is 4.53. The summed E-state index contributed by atoms with van der Waals surface area (Å²) in [5, 5.41) is 6.64. The van der Waals surface area contributed by atoms with Crippen molar-refractivity contribution in [2.24, 2.45) is 0 Å². The Labute approximate surface area is 168 Å². The number of halogens is 1. The topological polar surface area (TPSA) is 72.5 Å². The smallest absolute Gasteiger partial charge is 0.255 e. The lowest BCUT2D eigenvalue weighted by atomic mass is 10.2. The summed E-state index contributed by atoms with van der Waals surface area (Å²) >= 11 is 6.15. The first-order valence-corrected chi connectivity index (χ1v) is 8.90. The number of rotatable bonds is 6. The molecule has 0 aliphatic rings. The maximum absolute atomic E-state index is 12.6. The number of benzene rings is 2. The lowest BCUT2D eigenvalue weighted by Crippen LogP contribution is -2.12. The fourth-order valence-corrected chi connectivity index (χ4v) is 2.74. The van der Waals surface area contributed by atoms with Gasteiger partial charge in [0.1, 0.15) is 17.3 Å². The van der Waals surface area contributed by atoms with E-state index in [0.717, 1.165) is 11.3 Å². The quantitative estimate of drug-likeness (QED) is 0.608. The second kappa shape index (κ2) is 8.63. The van der Waals surface area contributed by atoms with E-state index in [9.17, 15) is 4.79 Å². The van der Waals surface area contributed by atoms with Crippen molar-refractivity contribution in [1.82, 2.24) is 4.98 Å². The van der Waals surface area contributed by atoms with Crippen LogP contribution in [0.4, 0.5) is 17.2 Å². The lowest BCUT2D eigenvalue weighted by molar-refractivity contribution is 0.102. The van der Waals surface area contributed by atoms with E-state index in [1.807, 2.05) is 13.0 Å². The molecule has 1 amide bonds. The number of carbonyl (C=O) groups excluding carboxylic acids is 1. The van der Waals surface area contributed by atoms with Crippen LogP contribution >= 0.6 is 11.6 Å². The monoisotopic (exact) mass is 397 g/mol. The third-order valence-corrected chi connectivity index (χ3v) is 4.52. The molecule has 0 saturated carbocycles. The molecule has 6 nitrogen and oxygen atoms in total. The van der Waals surface area contributed by atoms with E-state index >= 15 is 0 Å². The van der Waals surface area contributed by atoms with Crippen LogP contribution < -0.4 is 20.1 Å². The molecule has 2 aromatic carbocycles. The number of methoxy groups -OCH3 is 2. The van der Waals surface area contributed by atoms with Crippen molar-refractivity contribution >= 4 is 34.7 Å². The normalized spacial score (nSPS) is 10.3. The molecular weight excluding hydrogens is 378 g/mol. The molecule has 0 spiro atoms. The summed E-state index contributed by atoms with van der Waals surface area (Å²) in [6, 6.07) is 14.0. The van der Waals surface area contributed by atoms with E-state index < -0.39 is 0 Å². The average molecular weight is 398 g/mol. The number of anilines is 3. The van der Waals surface area contributed by atoms with E-state index in [1.165, 1.54) is 0 Å². The van der Waals surface area contributed by atoms with E-state index in [0.29, 0.717) is 33.5 Å². The van der Waals surface area contributed by atoms with Crippen LogP contribution in [0.1, 0.15) is 15.9 Å². The second-order valence-electron chi connectivity index (χ2n) is 6.04. The molecule has 0 aliphatic heterocycles. The highest BCUT2D eigenvalue weighted by Crippen LogP contribution is 2.32. The maximum Gasteiger partial charge on any atom is 0.255 e. The molecule has 2 N–H and O–H groups in total.